The van der Waals surface area contributed by atoms with Gasteiger partial charge < -0.3 is 8.83 Å². The van der Waals surface area contributed by atoms with Gasteiger partial charge in [-0.1, -0.05) is 133 Å². The number of para-hydroxylation sites is 3. The molecule has 5 heteroatoms. The zero-order chi connectivity index (χ0) is 35.3. The molecule has 5 nitrogen and oxygen atoms in total. The van der Waals surface area contributed by atoms with Crippen LogP contribution in [0.4, 0.5) is 0 Å². The molecule has 53 heavy (non-hydrogen) atoms. The fraction of sp³-hybridized carbons (Fsp3) is 0.104. The van der Waals surface area contributed by atoms with E-state index in [4.69, 9.17) is 23.8 Å². The van der Waals surface area contributed by atoms with Crippen molar-refractivity contribution in [1.29, 1.82) is 0 Å². The number of rotatable bonds is 6. The molecule has 0 saturated heterocycles. The molecule has 0 aliphatic heterocycles. The summed E-state index contributed by atoms with van der Waals surface area (Å²) in [5.41, 5.74) is 12.7. The summed E-state index contributed by atoms with van der Waals surface area (Å²) in [6.45, 7) is 2.06. The molecule has 3 heterocycles. The second-order valence-electron chi connectivity index (χ2n) is 13.7. The van der Waals surface area contributed by atoms with Crippen LogP contribution in [0.3, 0.4) is 0 Å². The van der Waals surface area contributed by atoms with Gasteiger partial charge in [0, 0.05) is 44.8 Å². The first-order valence-corrected chi connectivity index (χ1v) is 18.3. The molecule has 0 saturated carbocycles. The molecule has 0 unspecified atom stereocenters. The van der Waals surface area contributed by atoms with Gasteiger partial charge >= 0.3 is 0 Å². The second kappa shape index (κ2) is 12.9. The van der Waals surface area contributed by atoms with Crippen molar-refractivity contribution in [2.45, 2.75) is 32.6 Å². The first kappa shape index (κ1) is 31.2. The van der Waals surface area contributed by atoms with Crippen LogP contribution in [0.2, 0.25) is 0 Å². The summed E-state index contributed by atoms with van der Waals surface area (Å²) in [4.78, 5) is 15.8. The van der Waals surface area contributed by atoms with E-state index in [1.807, 2.05) is 42.5 Å². The molecule has 5 aromatic carbocycles. The number of nitrogens with zero attached hydrogens (tertiary/aromatic N) is 3. The van der Waals surface area contributed by atoms with Gasteiger partial charge in [0.15, 0.2) is 17.5 Å². The number of aryl methyl sites for hydroxylation is 1. The van der Waals surface area contributed by atoms with E-state index in [2.05, 4.69) is 110 Å². The summed E-state index contributed by atoms with van der Waals surface area (Å²) in [7, 11) is 0. The van der Waals surface area contributed by atoms with Gasteiger partial charge in [0.2, 0.25) is 0 Å². The Morgan fingerprint density at radius 1 is 0.528 bits per heavy atom. The third-order valence-corrected chi connectivity index (χ3v) is 10.5. The van der Waals surface area contributed by atoms with Crippen LogP contribution in [0.1, 0.15) is 65.8 Å². The molecule has 2 aliphatic rings. The minimum Gasteiger partial charge on any atom is -0.460 e. The van der Waals surface area contributed by atoms with E-state index in [9.17, 15) is 0 Å². The molecular formula is C48H35N3O2. The van der Waals surface area contributed by atoms with Crippen LogP contribution in [0.15, 0.2) is 148 Å². The average molecular weight is 686 g/mol. The Morgan fingerprint density at radius 3 is 2.02 bits per heavy atom. The summed E-state index contributed by atoms with van der Waals surface area (Å²) >= 11 is 0. The Hall–Kier alpha value is -6.59. The van der Waals surface area contributed by atoms with Gasteiger partial charge in [-0.25, -0.2) is 15.0 Å². The molecule has 2 aliphatic carbocycles. The van der Waals surface area contributed by atoms with Gasteiger partial charge in [-0.2, -0.15) is 0 Å². The van der Waals surface area contributed by atoms with E-state index in [1.54, 1.807) is 0 Å². The number of benzene rings is 5. The molecule has 10 rings (SSSR count). The van der Waals surface area contributed by atoms with Crippen LogP contribution < -0.4 is 0 Å². The minimum absolute atomic E-state index is 0.638. The van der Waals surface area contributed by atoms with Crippen molar-refractivity contribution in [3.8, 4) is 11.4 Å². The molecule has 3 aromatic heterocycles. The van der Waals surface area contributed by atoms with Crippen molar-refractivity contribution in [1.82, 2.24) is 15.0 Å². The van der Waals surface area contributed by atoms with Gasteiger partial charge in [-0.05, 0) is 66.2 Å². The summed E-state index contributed by atoms with van der Waals surface area (Å²) in [5, 5.41) is 3.26. The third kappa shape index (κ3) is 5.36. The van der Waals surface area contributed by atoms with Crippen molar-refractivity contribution in [2.75, 3.05) is 0 Å². The number of hydrogen-bond donors (Lipinski definition) is 0. The highest BCUT2D eigenvalue weighted by Gasteiger charge is 2.31. The quantitative estimate of drug-likeness (QED) is 0.174. The molecule has 8 aromatic rings. The summed E-state index contributed by atoms with van der Waals surface area (Å²) in [5.74, 6) is 2.93. The molecule has 0 amide bonds. The fourth-order valence-electron chi connectivity index (χ4n) is 8.07. The maximum absolute atomic E-state index is 6.63. The van der Waals surface area contributed by atoms with E-state index in [-0.39, 0.29) is 0 Å². The highest BCUT2D eigenvalue weighted by atomic mass is 16.3. The molecular weight excluding hydrogens is 651 g/mol. The average Bonchev–Trinajstić information content (AvgIpc) is 3.80. The number of fused-ring (bicyclic) bond motifs is 6. The Morgan fingerprint density at radius 2 is 1.19 bits per heavy atom. The molecule has 0 spiro atoms. The summed E-state index contributed by atoms with van der Waals surface area (Å²) in [6.07, 6.45) is 11.9. The first-order valence-electron chi connectivity index (χ1n) is 18.3. The maximum Gasteiger partial charge on any atom is 0.165 e. The predicted molar refractivity (Wildman–Crippen MR) is 216 cm³/mol. The largest absolute Gasteiger partial charge is 0.460 e. The van der Waals surface area contributed by atoms with Gasteiger partial charge in [0.25, 0.3) is 0 Å². The van der Waals surface area contributed by atoms with E-state index in [0.29, 0.717) is 17.5 Å². The molecule has 0 fully saturated rings. The monoisotopic (exact) mass is 685 g/mol. The smallest absolute Gasteiger partial charge is 0.165 e. The number of allylic oxidation sites excluding steroid dienone is 6. The highest BCUT2D eigenvalue weighted by molar-refractivity contribution is 6.13. The zero-order valence-corrected chi connectivity index (χ0v) is 29.3. The van der Waals surface area contributed by atoms with Crippen LogP contribution in [0.5, 0.6) is 0 Å². The molecule has 0 N–H and O–H groups in total. The minimum atomic E-state index is 0.638. The zero-order valence-electron chi connectivity index (χ0n) is 29.3. The van der Waals surface area contributed by atoms with E-state index < -0.39 is 0 Å². The topological polar surface area (TPSA) is 65.0 Å². The van der Waals surface area contributed by atoms with Crippen molar-refractivity contribution in [3.05, 3.63) is 179 Å². The lowest BCUT2D eigenvalue weighted by Gasteiger charge is -2.22. The van der Waals surface area contributed by atoms with Crippen molar-refractivity contribution in [2.24, 2.45) is 0 Å². The van der Waals surface area contributed by atoms with Crippen LogP contribution in [0, 0.1) is 0 Å². The number of aromatic nitrogens is 3. The lowest BCUT2D eigenvalue weighted by Crippen LogP contribution is -2.11. The third-order valence-electron chi connectivity index (χ3n) is 10.5. The highest BCUT2D eigenvalue weighted by Crippen LogP contribution is 2.47. The molecule has 0 radical (unpaired) electrons. The van der Waals surface area contributed by atoms with Crippen LogP contribution >= 0.6 is 0 Å². The lowest BCUT2D eigenvalue weighted by molar-refractivity contribution is 0.547. The Kier molecular flexibility index (Phi) is 7.57. The van der Waals surface area contributed by atoms with E-state index in [1.165, 1.54) is 16.7 Å². The van der Waals surface area contributed by atoms with E-state index >= 15 is 0 Å². The van der Waals surface area contributed by atoms with Gasteiger partial charge in [-0.15, -0.1) is 0 Å². The van der Waals surface area contributed by atoms with Gasteiger partial charge in [0.05, 0.1) is 0 Å². The number of hydrogen-bond acceptors (Lipinski definition) is 5. The normalized spacial score (nSPS) is 14.7. The van der Waals surface area contributed by atoms with Crippen LogP contribution in [-0.4, -0.2) is 15.0 Å². The molecule has 0 atom stereocenters. The van der Waals surface area contributed by atoms with Gasteiger partial charge in [-0.3, -0.25) is 0 Å². The predicted octanol–water partition coefficient (Wildman–Crippen LogP) is 12.4. The maximum atomic E-state index is 6.63. The fourth-order valence-corrected chi connectivity index (χ4v) is 8.07. The molecule has 0 bridgehead atoms. The first-order chi connectivity index (χ1) is 26.2. The Balaban J connectivity index is 1.22. The standard InChI is InChI=1S/C48H35N3O2/c1-2-13-30-14-6-7-17-34(30)31-24-26-33(27-25-31)47-49-46(32-15-4-3-5-16-32)50-48(51-47)44-36(28-29-42-43(44)39-19-9-11-23-41(39)52-42)38-21-12-20-37-35-18-8-10-22-40(35)53-45(37)38/h2-24,26H,25,27-29H2,1H3/b13-2-. The van der Waals surface area contributed by atoms with Gasteiger partial charge in [0.1, 0.15) is 22.5 Å². The SMILES string of the molecule is C/C=C\c1ccccc1C1=CC=C(c2nc(C3=C(c4cccc5c4oc4ccccc45)CCc4oc5ccccc5c43)nc(-c3ccccc3)n2)CC1. The Labute approximate surface area is 307 Å². The Bertz CT molecular complexity index is 2850. The summed E-state index contributed by atoms with van der Waals surface area (Å²) < 4.78 is 13.2. The van der Waals surface area contributed by atoms with Crippen molar-refractivity contribution >= 4 is 61.3 Å². The molecule has 254 valence electrons. The van der Waals surface area contributed by atoms with E-state index in [0.717, 1.165) is 97.8 Å². The second-order valence-corrected chi connectivity index (χ2v) is 13.7. The van der Waals surface area contributed by atoms with Crippen molar-refractivity contribution in [3.63, 3.8) is 0 Å². The van der Waals surface area contributed by atoms with Crippen LogP contribution in [0.25, 0.3) is 72.7 Å². The lowest BCUT2D eigenvalue weighted by atomic mass is 9.83. The van der Waals surface area contributed by atoms with Crippen molar-refractivity contribution < 1.29 is 8.83 Å². The number of furan rings is 2. The van der Waals surface area contributed by atoms with Crippen LogP contribution in [-0.2, 0) is 6.42 Å². The summed E-state index contributed by atoms with van der Waals surface area (Å²) in [6, 6.07) is 41.8.